The van der Waals surface area contributed by atoms with Crippen LogP contribution in [0.4, 0.5) is 0 Å². The van der Waals surface area contributed by atoms with Crippen molar-refractivity contribution in [1.82, 2.24) is 9.55 Å². The number of benzene rings is 2. The van der Waals surface area contributed by atoms with Crippen LogP contribution in [0.2, 0.25) is 0 Å². The zero-order valence-corrected chi connectivity index (χ0v) is 15.7. The van der Waals surface area contributed by atoms with Gasteiger partial charge < -0.3 is 9.47 Å². The van der Waals surface area contributed by atoms with E-state index in [1.54, 1.807) is 13.1 Å². The molecule has 0 fully saturated rings. The normalized spacial score (nSPS) is 15.3. The molecule has 1 aliphatic rings. The van der Waals surface area contributed by atoms with Crippen molar-refractivity contribution >= 4 is 0 Å². The molecule has 1 aromatic heterocycles. The summed E-state index contributed by atoms with van der Waals surface area (Å²) in [6, 6.07) is 14.8. The lowest BCUT2D eigenvalue weighted by Gasteiger charge is -2.12. The highest BCUT2D eigenvalue weighted by molar-refractivity contribution is 5.68. The van der Waals surface area contributed by atoms with Gasteiger partial charge in [0.05, 0.1) is 6.54 Å². The van der Waals surface area contributed by atoms with Crippen LogP contribution in [0, 0.1) is 20.8 Å². The van der Waals surface area contributed by atoms with Gasteiger partial charge in [-0.1, -0.05) is 30.3 Å². The quantitative estimate of drug-likeness (QED) is 0.710. The third-order valence-corrected chi connectivity index (χ3v) is 5.01. The lowest BCUT2D eigenvalue weighted by molar-refractivity contribution is 0.143. The van der Waals surface area contributed by atoms with E-state index in [1.165, 1.54) is 22.3 Å². The molecule has 0 bridgehead atoms. The van der Waals surface area contributed by atoms with Crippen molar-refractivity contribution < 1.29 is 9.47 Å². The molecule has 0 saturated heterocycles. The SMILES string of the molecule is Cc1cccc(-c2ccc(OCC3Cn4cc(C)c(=O)nc4O3)cc2)c1C. The summed E-state index contributed by atoms with van der Waals surface area (Å²) in [6.07, 6.45) is 1.63. The standard InChI is InChI=1S/C22H22N2O3/c1-14-5-4-6-20(16(14)3)17-7-9-18(10-8-17)26-13-19-12-24-11-15(2)21(25)23-22(24)27-19/h4-11,19H,12-13H2,1-3H3. The fourth-order valence-electron chi connectivity index (χ4n) is 3.28. The van der Waals surface area contributed by atoms with Gasteiger partial charge in [-0.2, -0.15) is 4.98 Å². The second kappa shape index (κ2) is 6.91. The second-order valence-electron chi connectivity index (χ2n) is 6.99. The van der Waals surface area contributed by atoms with E-state index in [2.05, 4.69) is 49.2 Å². The van der Waals surface area contributed by atoms with Crippen molar-refractivity contribution in [2.45, 2.75) is 33.4 Å². The molecule has 2 heterocycles. The minimum absolute atomic E-state index is 0.155. The molecule has 138 valence electrons. The van der Waals surface area contributed by atoms with E-state index in [1.807, 2.05) is 16.7 Å². The first-order valence-corrected chi connectivity index (χ1v) is 9.05. The van der Waals surface area contributed by atoms with E-state index >= 15 is 0 Å². The van der Waals surface area contributed by atoms with E-state index in [9.17, 15) is 4.79 Å². The average Bonchev–Trinajstić information content (AvgIpc) is 3.05. The molecule has 1 atom stereocenters. The topological polar surface area (TPSA) is 53.4 Å². The van der Waals surface area contributed by atoms with Gasteiger partial charge in [-0.15, -0.1) is 0 Å². The van der Waals surface area contributed by atoms with Crippen LogP contribution in [0.25, 0.3) is 11.1 Å². The van der Waals surface area contributed by atoms with Crippen molar-refractivity contribution in [3.05, 3.63) is 75.7 Å². The molecule has 0 spiro atoms. The van der Waals surface area contributed by atoms with Crippen LogP contribution in [0.5, 0.6) is 11.8 Å². The highest BCUT2D eigenvalue weighted by Crippen LogP contribution is 2.27. The predicted octanol–water partition coefficient (Wildman–Crippen LogP) is 3.68. The van der Waals surface area contributed by atoms with E-state index in [0.29, 0.717) is 24.7 Å². The van der Waals surface area contributed by atoms with Crippen LogP contribution in [0.15, 0.2) is 53.5 Å². The molecule has 1 aliphatic heterocycles. The van der Waals surface area contributed by atoms with Crippen LogP contribution in [0.3, 0.4) is 0 Å². The summed E-state index contributed by atoms with van der Waals surface area (Å²) < 4.78 is 13.5. The minimum Gasteiger partial charge on any atom is -0.490 e. The molecule has 5 nitrogen and oxygen atoms in total. The van der Waals surface area contributed by atoms with Gasteiger partial charge in [0.2, 0.25) is 0 Å². The Morgan fingerprint density at radius 3 is 2.67 bits per heavy atom. The number of aromatic nitrogens is 2. The number of ether oxygens (including phenoxy) is 2. The first-order valence-electron chi connectivity index (χ1n) is 9.05. The van der Waals surface area contributed by atoms with Crippen molar-refractivity contribution in [2.24, 2.45) is 0 Å². The second-order valence-corrected chi connectivity index (χ2v) is 6.99. The summed E-state index contributed by atoms with van der Waals surface area (Å²) in [5.74, 6) is 0.794. The van der Waals surface area contributed by atoms with Crippen LogP contribution >= 0.6 is 0 Å². The fraction of sp³-hybridized carbons (Fsp3) is 0.273. The highest BCUT2D eigenvalue weighted by Gasteiger charge is 2.24. The Labute approximate surface area is 158 Å². The predicted molar refractivity (Wildman–Crippen MR) is 104 cm³/mol. The van der Waals surface area contributed by atoms with Crippen molar-refractivity contribution in [1.29, 1.82) is 0 Å². The zero-order chi connectivity index (χ0) is 19.0. The maximum Gasteiger partial charge on any atom is 0.300 e. The average molecular weight is 362 g/mol. The Hall–Kier alpha value is -3.08. The molecule has 5 heteroatoms. The van der Waals surface area contributed by atoms with E-state index in [-0.39, 0.29) is 11.7 Å². The molecule has 27 heavy (non-hydrogen) atoms. The molecule has 2 aromatic carbocycles. The molecule has 0 saturated carbocycles. The number of nitrogens with zero attached hydrogens (tertiary/aromatic N) is 2. The lowest BCUT2D eigenvalue weighted by atomic mass is 9.97. The smallest absolute Gasteiger partial charge is 0.300 e. The number of rotatable bonds is 4. The number of hydrogen-bond acceptors (Lipinski definition) is 4. The minimum atomic E-state index is -0.246. The van der Waals surface area contributed by atoms with Crippen molar-refractivity contribution in [3.8, 4) is 22.9 Å². The molecular weight excluding hydrogens is 340 g/mol. The molecule has 3 aromatic rings. The summed E-state index contributed by atoms with van der Waals surface area (Å²) in [4.78, 5) is 15.6. The number of aryl methyl sites for hydroxylation is 2. The van der Waals surface area contributed by atoms with E-state index in [0.717, 1.165) is 5.75 Å². The summed E-state index contributed by atoms with van der Waals surface area (Å²) in [5, 5.41) is 0. The van der Waals surface area contributed by atoms with Gasteiger partial charge in [-0.05, 0) is 55.2 Å². The van der Waals surface area contributed by atoms with Gasteiger partial charge in [-0.25, -0.2) is 0 Å². The van der Waals surface area contributed by atoms with Crippen LogP contribution < -0.4 is 15.0 Å². The summed E-state index contributed by atoms with van der Waals surface area (Å²) >= 11 is 0. The third kappa shape index (κ3) is 3.45. The Morgan fingerprint density at radius 1 is 1.11 bits per heavy atom. The van der Waals surface area contributed by atoms with Gasteiger partial charge in [-0.3, -0.25) is 9.36 Å². The van der Waals surface area contributed by atoms with Gasteiger partial charge in [0.15, 0.2) is 6.10 Å². The Morgan fingerprint density at radius 2 is 1.89 bits per heavy atom. The Balaban J connectivity index is 1.41. The molecule has 0 radical (unpaired) electrons. The molecule has 1 unspecified atom stereocenters. The molecule has 4 rings (SSSR count). The Kier molecular flexibility index (Phi) is 4.44. The first kappa shape index (κ1) is 17.3. The third-order valence-electron chi connectivity index (χ3n) is 5.01. The van der Waals surface area contributed by atoms with Gasteiger partial charge in [0.25, 0.3) is 11.6 Å². The van der Waals surface area contributed by atoms with Crippen LogP contribution in [-0.2, 0) is 6.54 Å². The summed E-state index contributed by atoms with van der Waals surface area (Å²) in [7, 11) is 0. The van der Waals surface area contributed by atoms with E-state index in [4.69, 9.17) is 9.47 Å². The van der Waals surface area contributed by atoms with Crippen molar-refractivity contribution in [2.75, 3.05) is 6.61 Å². The van der Waals surface area contributed by atoms with Crippen LogP contribution in [-0.4, -0.2) is 22.3 Å². The summed E-state index contributed by atoms with van der Waals surface area (Å²) in [6.45, 7) is 7.05. The van der Waals surface area contributed by atoms with Gasteiger partial charge >= 0.3 is 0 Å². The van der Waals surface area contributed by atoms with Gasteiger partial charge in [0, 0.05) is 11.8 Å². The van der Waals surface area contributed by atoms with Gasteiger partial charge in [0.1, 0.15) is 12.4 Å². The summed E-state index contributed by atoms with van der Waals surface area (Å²) in [5.41, 5.74) is 5.36. The van der Waals surface area contributed by atoms with E-state index < -0.39 is 0 Å². The molecular formula is C22H22N2O3. The maximum atomic E-state index is 11.6. The fourth-order valence-corrected chi connectivity index (χ4v) is 3.28. The maximum absolute atomic E-state index is 11.6. The molecule has 0 N–H and O–H groups in total. The van der Waals surface area contributed by atoms with Crippen molar-refractivity contribution in [3.63, 3.8) is 0 Å². The molecule has 0 amide bonds. The zero-order valence-electron chi connectivity index (χ0n) is 15.7. The number of hydrogen-bond donors (Lipinski definition) is 0. The number of fused-ring (bicyclic) bond motifs is 1. The monoisotopic (exact) mass is 362 g/mol. The first-order chi connectivity index (χ1) is 13.0. The van der Waals surface area contributed by atoms with Crippen LogP contribution in [0.1, 0.15) is 16.7 Å². The largest absolute Gasteiger partial charge is 0.490 e. The molecule has 0 aliphatic carbocycles. The lowest BCUT2D eigenvalue weighted by Crippen LogP contribution is -2.23. The Bertz CT molecular complexity index is 1040. The highest BCUT2D eigenvalue weighted by atomic mass is 16.6.